The van der Waals surface area contributed by atoms with E-state index in [0.717, 1.165) is 12.1 Å². The number of rotatable bonds is 8. The van der Waals surface area contributed by atoms with E-state index in [4.69, 9.17) is 0 Å². The highest BCUT2D eigenvalue weighted by atomic mass is 32.2. The van der Waals surface area contributed by atoms with Crippen LogP contribution in [0, 0.1) is 11.6 Å². The molecule has 0 spiro atoms. The zero-order valence-electron chi connectivity index (χ0n) is 12.4. The second-order valence-electron chi connectivity index (χ2n) is 4.33. The fourth-order valence-corrected chi connectivity index (χ4v) is 2.17. The molecule has 0 fully saturated rings. The summed E-state index contributed by atoms with van der Waals surface area (Å²) in [5, 5.41) is 4.70. The van der Waals surface area contributed by atoms with Gasteiger partial charge in [0.15, 0.2) is 11.6 Å². The molecule has 0 atom stereocenters. The summed E-state index contributed by atoms with van der Waals surface area (Å²) in [4.78, 5) is 33.9. The van der Waals surface area contributed by atoms with E-state index in [1.165, 1.54) is 24.9 Å². The number of amides is 2. The smallest absolute Gasteiger partial charge is 0.306 e. The average Bonchev–Trinajstić information content (AvgIpc) is 2.52. The molecular weight excluding hydrogens is 330 g/mol. The molecule has 0 heterocycles. The first-order valence-corrected chi connectivity index (χ1v) is 7.74. The molecule has 0 saturated heterocycles. The summed E-state index contributed by atoms with van der Waals surface area (Å²) < 4.78 is 30.2. The van der Waals surface area contributed by atoms with Crippen LogP contribution in [0.4, 0.5) is 14.5 Å². The number of benzene rings is 1. The molecule has 0 aliphatic carbocycles. The maximum atomic E-state index is 13.0. The Balaban J connectivity index is 2.23. The minimum Gasteiger partial charge on any atom is -0.469 e. The number of esters is 1. The predicted octanol–water partition coefficient (Wildman–Crippen LogP) is 1.32. The van der Waals surface area contributed by atoms with E-state index in [9.17, 15) is 23.2 Å². The Morgan fingerprint density at radius 3 is 2.57 bits per heavy atom. The number of halogens is 2. The van der Waals surface area contributed by atoms with Crippen LogP contribution in [0.25, 0.3) is 0 Å². The Hall–Kier alpha value is -2.16. The van der Waals surface area contributed by atoms with E-state index in [-0.39, 0.29) is 36.3 Å². The molecule has 0 unspecified atom stereocenters. The normalized spacial score (nSPS) is 10.0. The summed E-state index contributed by atoms with van der Waals surface area (Å²) in [7, 11) is 1.28. The fraction of sp³-hybridized carbons (Fsp3) is 0.357. The molecule has 0 radical (unpaired) electrons. The van der Waals surface area contributed by atoms with E-state index in [0.29, 0.717) is 5.75 Å². The van der Waals surface area contributed by atoms with Gasteiger partial charge in [0.05, 0.1) is 25.8 Å². The Kier molecular flexibility index (Phi) is 8.03. The summed E-state index contributed by atoms with van der Waals surface area (Å²) in [5.74, 6) is -2.86. The van der Waals surface area contributed by atoms with Crippen LogP contribution in [-0.4, -0.2) is 42.9 Å². The molecule has 1 rings (SSSR count). The Bertz CT molecular complexity index is 584. The molecule has 0 aliphatic rings. The summed E-state index contributed by atoms with van der Waals surface area (Å²) in [5.41, 5.74) is 0.0931. The van der Waals surface area contributed by atoms with Gasteiger partial charge in [0.1, 0.15) is 0 Å². The van der Waals surface area contributed by atoms with Gasteiger partial charge >= 0.3 is 5.97 Å². The molecule has 2 N–H and O–H groups in total. The number of anilines is 1. The number of methoxy groups -OCH3 is 1. The highest BCUT2D eigenvalue weighted by Gasteiger charge is 2.08. The molecule has 9 heteroatoms. The van der Waals surface area contributed by atoms with Crippen LogP contribution in [0.1, 0.15) is 6.42 Å². The van der Waals surface area contributed by atoms with Crippen LogP contribution in [0.5, 0.6) is 0 Å². The van der Waals surface area contributed by atoms with Crippen molar-refractivity contribution in [1.29, 1.82) is 0 Å². The van der Waals surface area contributed by atoms with E-state index in [2.05, 4.69) is 15.4 Å². The minimum atomic E-state index is -1.08. The molecule has 2 amide bonds. The lowest BCUT2D eigenvalue weighted by Gasteiger charge is -2.07. The van der Waals surface area contributed by atoms with Gasteiger partial charge in [-0.1, -0.05) is 0 Å². The summed E-state index contributed by atoms with van der Waals surface area (Å²) in [6.07, 6.45) is 0.199. The highest BCUT2D eigenvalue weighted by molar-refractivity contribution is 7.99. The van der Waals surface area contributed by atoms with E-state index < -0.39 is 17.5 Å². The topological polar surface area (TPSA) is 84.5 Å². The van der Waals surface area contributed by atoms with Crippen molar-refractivity contribution in [3.8, 4) is 0 Å². The van der Waals surface area contributed by atoms with Gasteiger partial charge in [0, 0.05) is 17.5 Å². The molecule has 23 heavy (non-hydrogen) atoms. The third-order valence-electron chi connectivity index (χ3n) is 2.56. The summed E-state index contributed by atoms with van der Waals surface area (Å²) in [6.45, 7) is -0.296. The molecule has 1 aromatic carbocycles. The van der Waals surface area contributed by atoms with Crippen molar-refractivity contribution in [3.63, 3.8) is 0 Å². The van der Waals surface area contributed by atoms with Gasteiger partial charge in [-0.25, -0.2) is 8.78 Å². The first kappa shape index (κ1) is 18.9. The van der Waals surface area contributed by atoms with E-state index in [1.54, 1.807) is 0 Å². The molecule has 0 aromatic heterocycles. The Labute approximate surface area is 136 Å². The number of carbonyl (C=O) groups is 3. The van der Waals surface area contributed by atoms with Gasteiger partial charge in [0.25, 0.3) is 0 Å². The zero-order chi connectivity index (χ0) is 17.2. The lowest BCUT2D eigenvalue weighted by atomic mass is 10.3. The van der Waals surface area contributed by atoms with E-state index >= 15 is 0 Å². The molecular formula is C14H16F2N2O4S. The Morgan fingerprint density at radius 2 is 1.91 bits per heavy atom. The van der Waals surface area contributed by atoms with Gasteiger partial charge in [-0.05, 0) is 12.1 Å². The average molecular weight is 346 g/mol. The van der Waals surface area contributed by atoms with Crippen LogP contribution < -0.4 is 10.6 Å². The quantitative estimate of drug-likeness (QED) is 0.548. The molecule has 0 bridgehead atoms. The largest absolute Gasteiger partial charge is 0.469 e. The first-order valence-electron chi connectivity index (χ1n) is 6.58. The third kappa shape index (κ3) is 7.59. The molecule has 0 aliphatic heterocycles. The maximum Gasteiger partial charge on any atom is 0.306 e. The summed E-state index contributed by atoms with van der Waals surface area (Å²) >= 11 is 1.23. The van der Waals surface area contributed by atoms with Crippen molar-refractivity contribution in [2.24, 2.45) is 0 Å². The predicted molar refractivity (Wildman–Crippen MR) is 82.0 cm³/mol. The number of hydrogen-bond acceptors (Lipinski definition) is 5. The van der Waals surface area contributed by atoms with Gasteiger partial charge in [-0.15, -0.1) is 0 Å². The highest BCUT2D eigenvalue weighted by Crippen LogP contribution is 2.12. The third-order valence-corrected chi connectivity index (χ3v) is 3.52. The molecule has 126 valence electrons. The number of nitrogens with one attached hydrogen (secondary N) is 2. The van der Waals surface area contributed by atoms with Crippen LogP contribution in [-0.2, 0) is 19.1 Å². The fourth-order valence-electron chi connectivity index (χ4n) is 1.43. The molecule has 0 saturated carbocycles. The minimum absolute atomic E-state index is 0.0927. The van der Waals surface area contributed by atoms with Crippen LogP contribution in [0.2, 0.25) is 0 Å². The molecule has 1 aromatic rings. The van der Waals surface area contributed by atoms with Gasteiger partial charge in [0.2, 0.25) is 11.8 Å². The van der Waals surface area contributed by atoms with Gasteiger partial charge in [-0.2, -0.15) is 11.8 Å². The molecule has 6 nitrogen and oxygen atoms in total. The lowest BCUT2D eigenvalue weighted by Crippen LogP contribution is -2.34. The van der Waals surface area contributed by atoms with Crippen molar-refractivity contribution < 1.29 is 27.9 Å². The van der Waals surface area contributed by atoms with Crippen LogP contribution >= 0.6 is 11.8 Å². The van der Waals surface area contributed by atoms with Crippen LogP contribution in [0.3, 0.4) is 0 Å². The second-order valence-corrected chi connectivity index (χ2v) is 5.44. The van der Waals surface area contributed by atoms with Crippen molar-refractivity contribution in [1.82, 2.24) is 5.32 Å². The number of thioether (sulfide) groups is 1. The van der Waals surface area contributed by atoms with E-state index in [1.807, 2.05) is 0 Å². The monoisotopic (exact) mass is 346 g/mol. The van der Waals surface area contributed by atoms with Crippen molar-refractivity contribution in [2.45, 2.75) is 6.42 Å². The maximum absolute atomic E-state index is 13.0. The van der Waals surface area contributed by atoms with Gasteiger partial charge < -0.3 is 15.4 Å². The number of carbonyl (C=O) groups excluding carboxylic acids is 3. The standard InChI is InChI=1S/C14H16F2N2O4S/c1-22-14(21)4-5-23-8-13(20)17-7-12(19)18-9-2-3-10(15)11(16)6-9/h2-3,6H,4-5,7-8H2,1H3,(H,17,20)(H,18,19). The number of ether oxygens (including phenoxy) is 1. The van der Waals surface area contributed by atoms with Crippen LogP contribution in [0.15, 0.2) is 18.2 Å². The lowest BCUT2D eigenvalue weighted by molar-refractivity contribution is -0.140. The summed E-state index contributed by atoms with van der Waals surface area (Å²) in [6, 6.07) is 2.94. The van der Waals surface area contributed by atoms with Crippen molar-refractivity contribution >= 4 is 35.2 Å². The zero-order valence-corrected chi connectivity index (χ0v) is 13.2. The van der Waals surface area contributed by atoms with Crippen molar-refractivity contribution in [3.05, 3.63) is 29.8 Å². The van der Waals surface area contributed by atoms with Gasteiger partial charge in [-0.3, -0.25) is 14.4 Å². The van der Waals surface area contributed by atoms with Crippen molar-refractivity contribution in [2.75, 3.05) is 30.5 Å². The second kappa shape index (κ2) is 9.78. The SMILES string of the molecule is COC(=O)CCSCC(=O)NCC(=O)Nc1ccc(F)c(F)c1. The Morgan fingerprint density at radius 1 is 1.17 bits per heavy atom. The number of hydrogen-bond donors (Lipinski definition) is 2. The first-order chi connectivity index (χ1) is 10.9.